The lowest BCUT2D eigenvalue weighted by Crippen LogP contribution is -2.51. The van der Waals surface area contributed by atoms with E-state index in [4.69, 9.17) is 5.26 Å². The summed E-state index contributed by atoms with van der Waals surface area (Å²) in [4.78, 5) is 23.8. The average molecular weight is 306 g/mol. The summed E-state index contributed by atoms with van der Waals surface area (Å²) in [5.41, 5.74) is -2.07. The molecule has 0 fully saturated rings. The molecule has 1 aromatic carbocycles. The number of amides is 1. The number of rotatable bonds is 5. The number of aryl methyl sites for hydroxylation is 1. The zero-order valence-electron chi connectivity index (χ0n) is 13.0. The van der Waals surface area contributed by atoms with Crippen LogP contribution in [0.2, 0.25) is 0 Å². The molecule has 0 heterocycles. The Balaban J connectivity index is 3.08. The van der Waals surface area contributed by atoms with Crippen molar-refractivity contribution in [3.63, 3.8) is 0 Å². The molecule has 0 unspecified atom stereocenters. The third-order valence-electron chi connectivity index (χ3n) is 3.32. The molecule has 6 heteroatoms. The molecule has 0 saturated heterocycles. The minimum Gasteiger partial charge on any atom is -0.467 e. The highest BCUT2D eigenvalue weighted by Gasteiger charge is 2.43. The number of alkyl halides is 1. The lowest BCUT2D eigenvalue weighted by Gasteiger charge is -2.24. The molecule has 22 heavy (non-hydrogen) atoms. The van der Waals surface area contributed by atoms with Crippen molar-refractivity contribution in [1.29, 1.82) is 5.26 Å². The second kappa shape index (κ2) is 7.03. The number of carbonyl (C=O) groups excluding carboxylic acids is 2. The molecule has 0 aliphatic heterocycles. The first kappa shape index (κ1) is 17.6. The Labute approximate surface area is 129 Å². The number of nitrogens with zero attached hydrogens (tertiary/aromatic N) is 1. The van der Waals surface area contributed by atoms with Crippen LogP contribution in [0.25, 0.3) is 0 Å². The first-order valence-corrected chi connectivity index (χ1v) is 6.82. The number of benzene rings is 1. The van der Waals surface area contributed by atoms with Gasteiger partial charge in [-0.25, -0.2) is 9.18 Å². The predicted molar refractivity (Wildman–Crippen MR) is 78.4 cm³/mol. The molecule has 0 aliphatic rings. The fraction of sp³-hybridized carbons (Fsp3) is 0.438. The molecule has 0 bridgehead atoms. The molecular formula is C16H19FN2O3. The van der Waals surface area contributed by atoms with Gasteiger partial charge in [0.1, 0.15) is 12.1 Å². The summed E-state index contributed by atoms with van der Waals surface area (Å²) in [5.74, 6) is -2.17. The SMILES string of the molecule is COC(=O)[C@@H](NC(=O)[C@@](F)(C#N)c1ccc(C)cc1)C(C)C. The summed E-state index contributed by atoms with van der Waals surface area (Å²) in [7, 11) is 1.18. The van der Waals surface area contributed by atoms with Crippen LogP contribution in [-0.2, 0) is 20.0 Å². The number of esters is 1. The van der Waals surface area contributed by atoms with E-state index in [1.54, 1.807) is 26.0 Å². The Morgan fingerprint density at radius 1 is 1.32 bits per heavy atom. The van der Waals surface area contributed by atoms with Gasteiger partial charge in [0.2, 0.25) is 0 Å². The van der Waals surface area contributed by atoms with Gasteiger partial charge >= 0.3 is 5.97 Å². The van der Waals surface area contributed by atoms with E-state index in [1.165, 1.54) is 25.3 Å². The van der Waals surface area contributed by atoms with E-state index < -0.39 is 23.6 Å². The number of hydrogen-bond donors (Lipinski definition) is 1. The Hall–Kier alpha value is -2.42. The van der Waals surface area contributed by atoms with Crippen LogP contribution in [0.15, 0.2) is 24.3 Å². The second-order valence-electron chi connectivity index (χ2n) is 5.35. The lowest BCUT2D eigenvalue weighted by atomic mass is 9.94. The zero-order valence-corrected chi connectivity index (χ0v) is 13.0. The van der Waals surface area contributed by atoms with E-state index in [0.717, 1.165) is 5.56 Å². The molecule has 1 aromatic rings. The summed E-state index contributed by atoms with van der Waals surface area (Å²) in [6.07, 6.45) is 0. The summed E-state index contributed by atoms with van der Waals surface area (Å²) in [5, 5.41) is 11.4. The number of nitrogens with one attached hydrogen (secondary N) is 1. The van der Waals surface area contributed by atoms with Gasteiger partial charge in [0.25, 0.3) is 11.6 Å². The van der Waals surface area contributed by atoms with Crippen molar-refractivity contribution < 1.29 is 18.7 Å². The highest BCUT2D eigenvalue weighted by molar-refractivity contribution is 5.92. The fourth-order valence-corrected chi connectivity index (χ4v) is 1.90. The van der Waals surface area contributed by atoms with Crippen molar-refractivity contribution in [3.8, 4) is 6.07 Å². The highest BCUT2D eigenvalue weighted by atomic mass is 19.1. The topological polar surface area (TPSA) is 79.2 Å². The molecule has 0 aliphatic carbocycles. The van der Waals surface area contributed by atoms with Crippen LogP contribution in [0.4, 0.5) is 4.39 Å². The van der Waals surface area contributed by atoms with Crippen molar-refractivity contribution in [2.75, 3.05) is 7.11 Å². The highest BCUT2D eigenvalue weighted by Crippen LogP contribution is 2.26. The van der Waals surface area contributed by atoms with Crippen LogP contribution in [0, 0.1) is 24.2 Å². The number of carbonyl (C=O) groups is 2. The molecule has 1 amide bonds. The fourth-order valence-electron chi connectivity index (χ4n) is 1.90. The molecule has 118 valence electrons. The minimum absolute atomic E-state index is 0.0783. The smallest absolute Gasteiger partial charge is 0.328 e. The molecule has 0 aromatic heterocycles. The summed E-state index contributed by atoms with van der Waals surface area (Å²) >= 11 is 0. The van der Waals surface area contributed by atoms with Gasteiger partial charge < -0.3 is 10.1 Å². The van der Waals surface area contributed by atoms with Gasteiger partial charge in [0.15, 0.2) is 0 Å². The normalized spacial score (nSPS) is 14.6. The van der Waals surface area contributed by atoms with E-state index in [1.807, 2.05) is 6.92 Å². The second-order valence-corrected chi connectivity index (χ2v) is 5.35. The molecule has 5 nitrogen and oxygen atoms in total. The number of methoxy groups -OCH3 is 1. The van der Waals surface area contributed by atoms with Gasteiger partial charge in [-0.1, -0.05) is 43.7 Å². The zero-order chi connectivity index (χ0) is 16.9. The van der Waals surface area contributed by atoms with Crippen molar-refractivity contribution in [2.24, 2.45) is 5.92 Å². The molecule has 1 N–H and O–H groups in total. The summed E-state index contributed by atoms with van der Waals surface area (Å²) in [6.45, 7) is 5.17. The van der Waals surface area contributed by atoms with E-state index in [2.05, 4.69) is 10.1 Å². The van der Waals surface area contributed by atoms with Crippen molar-refractivity contribution >= 4 is 11.9 Å². The number of halogens is 1. The van der Waals surface area contributed by atoms with Gasteiger partial charge in [0, 0.05) is 5.56 Å². The maximum atomic E-state index is 14.8. The van der Waals surface area contributed by atoms with Crippen LogP contribution >= 0.6 is 0 Å². The molecule has 2 atom stereocenters. The number of nitriles is 1. The van der Waals surface area contributed by atoms with E-state index >= 15 is 0 Å². The number of ether oxygens (including phenoxy) is 1. The van der Waals surface area contributed by atoms with Crippen molar-refractivity contribution in [2.45, 2.75) is 32.5 Å². The largest absolute Gasteiger partial charge is 0.467 e. The molecular weight excluding hydrogens is 287 g/mol. The van der Waals surface area contributed by atoms with E-state index in [-0.39, 0.29) is 11.5 Å². The maximum absolute atomic E-state index is 14.8. The third-order valence-corrected chi connectivity index (χ3v) is 3.32. The molecule has 0 spiro atoms. The minimum atomic E-state index is -2.87. The maximum Gasteiger partial charge on any atom is 0.328 e. The first-order chi connectivity index (χ1) is 10.3. The Kier molecular flexibility index (Phi) is 5.63. The third kappa shape index (κ3) is 3.61. The van der Waals surface area contributed by atoms with Gasteiger partial charge in [0.05, 0.1) is 7.11 Å². The van der Waals surface area contributed by atoms with Crippen LogP contribution in [0.5, 0.6) is 0 Å². The van der Waals surface area contributed by atoms with Gasteiger partial charge in [-0.3, -0.25) is 4.79 Å². The quantitative estimate of drug-likeness (QED) is 0.844. The predicted octanol–water partition coefficient (Wildman–Crippen LogP) is 2.00. The Bertz CT molecular complexity index is 592. The molecule has 0 radical (unpaired) electrons. The first-order valence-electron chi connectivity index (χ1n) is 6.82. The molecule has 1 rings (SSSR count). The summed E-state index contributed by atoms with van der Waals surface area (Å²) in [6, 6.07) is 6.33. The van der Waals surface area contributed by atoms with Gasteiger partial charge in [-0.05, 0) is 12.8 Å². The summed E-state index contributed by atoms with van der Waals surface area (Å²) < 4.78 is 19.4. The van der Waals surface area contributed by atoms with Crippen molar-refractivity contribution in [1.82, 2.24) is 5.32 Å². The Morgan fingerprint density at radius 3 is 2.27 bits per heavy atom. The van der Waals surface area contributed by atoms with Gasteiger partial charge in [-0.2, -0.15) is 5.26 Å². The Morgan fingerprint density at radius 2 is 1.86 bits per heavy atom. The van der Waals surface area contributed by atoms with E-state index in [9.17, 15) is 14.0 Å². The lowest BCUT2D eigenvalue weighted by molar-refractivity contribution is -0.147. The van der Waals surface area contributed by atoms with Crippen LogP contribution in [0.1, 0.15) is 25.0 Å². The average Bonchev–Trinajstić information content (AvgIpc) is 2.51. The monoisotopic (exact) mass is 306 g/mol. The van der Waals surface area contributed by atoms with Crippen LogP contribution in [-0.4, -0.2) is 25.0 Å². The number of hydrogen-bond acceptors (Lipinski definition) is 4. The standard InChI is InChI=1S/C16H19FN2O3/c1-10(2)13(14(20)22-4)19-15(21)16(17,9-18)12-7-5-11(3)6-8-12/h5-8,10,13H,1-4H3,(H,19,21)/t13-,16+/m0/s1. The van der Waals surface area contributed by atoms with E-state index in [0.29, 0.717) is 0 Å². The molecule has 0 saturated carbocycles. The van der Waals surface area contributed by atoms with Crippen LogP contribution in [0.3, 0.4) is 0 Å². The van der Waals surface area contributed by atoms with Crippen molar-refractivity contribution in [3.05, 3.63) is 35.4 Å². The van der Waals surface area contributed by atoms with Crippen LogP contribution < -0.4 is 5.32 Å². The van der Waals surface area contributed by atoms with Gasteiger partial charge in [-0.15, -0.1) is 0 Å².